The number of hydrogen-bond acceptors (Lipinski definition) is 6. The van der Waals surface area contributed by atoms with E-state index in [0.29, 0.717) is 0 Å². The number of aromatic nitrogens is 1. The van der Waals surface area contributed by atoms with Crippen LogP contribution in [0.2, 0.25) is 0 Å². The molecule has 0 fully saturated rings. The standard InChI is InChI=1S/C26H40N2O4S/c1-15-9-8-10-16(2)24(31)18(4)25(32)26(6,7)22(29)13-23(30)28-21(11-15)17(3)12-20-14-33-19(5)27-20/h11-12,14,16,18,21-22,24,29,31H,8-10,13H2,1-7H3,(H,28,30). The summed E-state index contributed by atoms with van der Waals surface area (Å²) in [5, 5.41) is 27.6. The van der Waals surface area contributed by atoms with Gasteiger partial charge in [0.2, 0.25) is 5.91 Å². The Morgan fingerprint density at radius 2 is 1.91 bits per heavy atom. The van der Waals surface area contributed by atoms with Crippen molar-refractivity contribution in [1.29, 1.82) is 0 Å². The van der Waals surface area contributed by atoms with E-state index in [4.69, 9.17) is 0 Å². The Labute approximate surface area is 202 Å². The first-order chi connectivity index (χ1) is 15.3. The van der Waals surface area contributed by atoms with Gasteiger partial charge in [-0.15, -0.1) is 11.3 Å². The van der Waals surface area contributed by atoms with Gasteiger partial charge in [0, 0.05) is 11.3 Å². The van der Waals surface area contributed by atoms with Crippen molar-refractivity contribution in [3.05, 3.63) is 33.3 Å². The second-order valence-corrected chi connectivity index (χ2v) is 11.3. The molecule has 0 saturated heterocycles. The summed E-state index contributed by atoms with van der Waals surface area (Å²) >= 11 is 1.58. The minimum absolute atomic E-state index is 0.0417. The maximum absolute atomic E-state index is 13.1. The molecule has 0 bridgehead atoms. The van der Waals surface area contributed by atoms with Crippen molar-refractivity contribution in [2.45, 2.75) is 92.4 Å². The van der Waals surface area contributed by atoms with Crippen molar-refractivity contribution in [3.8, 4) is 0 Å². The van der Waals surface area contributed by atoms with Gasteiger partial charge < -0.3 is 15.5 Å². The van der Waals surface area contributed by atoms with E-state index in [1.807, 2.05) is 39.2 Å². The van der Waals surface area contributed by atoms with E-state index in [1.54, 1.807) is 32.1 Å². The Kier molecular flexibility index (Phi) is 9.58. The Morgan fingerprint density at radius 1 is 1.24 bits per heavy atom. The van der Waals surface area contributed by atoms with Crippen LogP contribution in [0, 0.1) is 24.2 Å². The van der Waals surface area contributed by atoms with Gasteiger partial charge in [0.1, 0.15) is 5.78 Å². The van der Waals surface area contributed by atoms with Crippen LogP contribution in [0.25, 0.3) is 6.08 Å². The molecule has 5 atom stereocenters. The van der Waals surface area contributed by atoms with E-state index < -0.39 is 23.5 Å². The molecule has 5 unspecified atom stereocenters. The average Bonchev–Trinajstić information content (AvgIpc) is 3.14. The van der Waals surface area contributed by atoms with Crippen molar-refractivity contribution in [2.24, 2.45) is 17.3 Å². The number of rotatable bonds is 2. The molecular weight excluding hydrogens is 436 g/mol. The van der Waals surface area contributed by atoms with Crippen molar-refractivity contribution < 1.29 is 19.8 Å². The third-order valence-corrected chi connectivity index (χ3v) is 7.65. The first-order valence-electron chi connectivity index (χ1n) is 11.8. The number of hydrogen-bond donors (Lipinski definition) is 3. The minimum Gasteiger partial charge on any atom is -0.392 e. The number of aliphatic hydroxyl groups excluding tert-OH is 2. The number of carbonyl (C=O) groups excluding carboxylic acids is 2. The number of carbonyl (C=O) groups is 2. The number of nitrogens with one attached hydrogen (secondary N) is 1. The molecule has 1 amide bonds. The number of amides is 1. The van der Waals surface area contributed by atoms with Crippen molar-refractivity contribution in [3.63, 3.8) is 0 Å². The van der Waals surface area contributed by atoms with Gasteiger partial charge in [-0.3, -0.25) is 9.59 Å². The Bertz CT molecular complexity index is 902. The van der Waals surface area contributed by atoms with Gasteiger partial charge >= 0.3 is 0 Å². The zero-order chi connectivity index (χ0) is 24.9. The fraction of sp³-hybridized carbons (Fsp3) is 0.654. The first kappa shape index (κ1) is 27.4. The zero-order valence-corrected chi connectivity index (χ0v) is 21.8. The maximum atomic E-state index is 13.1. The molecule has 0 radical (unpaired) electrons. The first-order valence-corrected chi connectivity index (χ1v) is 12.7. The van der Waals surface area contributed by atoms with Crippen LogP contribution < -0.4 is 5.32 Å². The molecular formula is C26H40N2O4S. The molecule has 1 aromatic heterocycles. The lowest BCUT2D eigenvalue weighted by atomic mass is 9.73. The third kappa shape index (κ3) is 7.33. The lowest BCUT2D eigenvalue weighted by molar-refractivity contribution is -0.143. The van der Waals surface area contributed by atoms with E-state index >= 15 is 0 Å². The van der Waals surface area contributed by atoms with Crippen molar-refractivity contribution in [1.82, 2.24) is 10.3 Å². The summed E-state index contributed by atoms with van der Waals surface area (Å²) in [6, 6.07) is -0.336. The maximum Gasteiger partial charge on any atom is 0.223 e. The highest BCUT2D eigenvalue weighted by Gasteiger charge is 2.42. The topological polar surface area (TPSA) is 99.5 Å². The molecule has 6 nitrogen and oxygen atoms in total. The van der Waals surface area contributed by atoms with Crippen LogP contribution in [-0.2, 0) is 9.59 Å². The van der Waals surface area contributed by atoms with E-state index in [2.05, 4.69) is 16.4 Å². The minimum atomic E-state index is -1.16. The molecule has 0 aromatic carbocycles. The van der Waals surface area contributed by atoms with Gasteiger partial charge in [0.05, 0.1) is 40.8 Å². The molecule has 3 N–H and O–H groups in total. The summed E-state index contributed by atoms with van der Waals surface area (Å²) in [4.78, 5) is 30.5. The van der Waals surface area contributed by atoms with Gasteiger partial charge in [-0.1, -0.05) is 39.3 Å². The molecule has 1 aromatic rings. The van der Waals surface area contributed by atoms with E-state index in [-0.39, 0.29) is 30.1 Å². The molecule has 0 aliphatic carbocycles. The SMILES string of the molecule is CC1=CC(C(C)=Cc2csc(C)n2)NC(=O)CC(O)C(C)(C)C(=O)C(C)C(O)C(C)CCC1. The second kappa shape index (κ2) is 11.5. The number of aliphatic hydroxyl groups is 2. The lowest BCUT2D eigenvalue weighted by Crippen LogP contribution is -2.47. The van der Waals surface area contributed by atoms with E-state index in [0.717, 1.165) is 41.1 Å². The molecule has 184 valence electrons. The summed E-state index contributed by atoms with van der Waals surface area (Å²) in [5.41, 5.74) is 1.79. The Morgan fingerprint density at radius 3 is 2.52 bits per heavy atom. The molecule has 0 spiro atoms. The van der Waals surface area contributed by atoms with Crippen LogP contribution in [0.1, 0.15) is 77.9 Å². The van der Waals surface area contributed by atoms with Crippen molar-refractivity contribution >= 4 is 29.1 Å². The molecule has 1 aliphatic rings. The second-order valence-electron chi connectivity index (χ2n) is 10.2. The Balaban J connectivity index is 2.36. The smallest absolute Gasteiger partial charge is 0.223 e. The summed E-state index contributed by atoms with van der Waals surface area (Å²) in [6.45, 7) is 12.9. The van der Waals surface area contributed by atoms with Crippen LogP contribution in [0.5, 0.6) is 0 Å². The van der Waals surface area contributed by atoms with Gasteiger partial charge in [-0.25, -0.2) is 4.98 Å². The Hall–Kier alpha value is -1.83. The van der Waals surface area contributed by atoms with Crippen LogP contribution in [0.3, 0.4) is 0 Å². The normalized spacial score (nSPS) is 30.8. The van der Waals surface area contributed by atoms with Gasteiger partial charge in [-0.2, -0.15) is 0 Å². The predicted octanol–water partition coefficient (Wildman–Crippen LogP) is 4.45. The number of allylic oxidation sites excluding steroid dienone is 1. The van der Waals surface area contributed by atoms with Crippen LogP contribution in [0.4, 0.5) is 0 Å². The van der Waals surface area contributed by atoms with E-state index in [9.17, 15) is 19.8 Å². The highest BCUT2D eigenvalue weighted by atomic mass is 32.1. The quantitative estimate of drug-likeness (QED) is 0.548. The highest BCUT2D eigenvalue weighted by molar-refractivity contribution is 7.09. The molecule has 33 heavy (non-hydrogen) atoms. The summed E-state index contributed by atoms with van der Waals surface area (Å²) in [7, 11) is 0. The van der Waals surface area contributed by atoms with Gasteiger partial charge in [-0.05, 0) is 57.6 Å². The molecule has 2 heterocycles. The number of Topliss-reactive ketones (excluding diaryl/α,β-unsaturated/α-hetero) is 1. The largest absolute Gasteiger partial charge is 0.392 e. The fourth-order valence-electron chi connectivity index (χ4n) is 4.36. The average molecular weight is 477 g/mol. The number of nitrogens with zero attached hydrogens (tertiary/aromatic N) is 1. The zero-order valence-electron chi connectivity index (χ0n) is 21.0. The lowest BCUT2D eigenvalue weighted by Gasteiger charge is -2.34. The number of thiazole rings is 1. The number of ketones is 1. The molecule has 7 heteroatoms. The number of aryl methyl sites for hydroxylation is 1. The predicted molar refractivity (Wildman–Crippen MR) is 134 cm³/mol. The van der Waals surface area contributed by atoms with Crippen LogP contribution in [-0.4, -0.2) is 45.1 Å². The highest BCUT2D eigenvalue weighted by Crippen LogP contribution is 2.32. The monoisotopic (exact) mass is 476 g/mol. The molecule has 0 saturated carbocycles. The molecule has 1 aliphatic heterocycles. The van der Waals surface area contributed by atoms with Crippen LogP contribution >= 0.6 is 11.3 Å². The molecule has 2 rings (SSSR count). The van der Waals surface area contributed by atoms with Gasteiger partial charge in [0.25, 0.3) is 0 Å². The summed E-state index contributed by atoms with van der Waals surface area (Å²) in [5.74, 6) is -1.21. The summed E-state index contributed by atoms with van der Waals surface area (Å²) in [6.07, 6.45) is 4.39. The fourth-order valence-corrected chi connectivity index (χ4v) is 4.93. The van der Waals surface area contributed by atoms with E-state index in [1.165, 1.54) is 0 Å². The summed E-state index contributed by atoms with van der Waals surface area (Å²) < 4.78 is 0. The van der Waals surface area contributed by atoms with Crippen LogP contribution in [0.15, 0.2) is 22.6 Å². The van der Waals surface area contributed by atoms with Gasteiger partial charge in [0.15, 0.2) is 0 Å². The third-order valence-electron chi connectivity index (χ3n) is 6.86. The van der Waals surface area contributed by atoms with Crippen molar-refractivity contribution in [2.75, 3.05) is 0 Å².